The minimum atomic E-state index is -0.759. The molecule has 2 atom stereocenters. The van der Waals surface area contributed by atoms with Gasteiger partial charge in [-0.2, -0.15) is 0 Å². The maximum atomic E-state index is 12.7. The Morgan fingerprint density at radius 3 is 2.67 bits per heavy atom. The van der Waals surface area contributed by atoms with Crippen LogP contribution in [0.4, 0.5) is 5.69 Å². The highest BCUT2D eigenvalue weighted by Crippen LogP contribution is 2.37. The Labute approximate surface area is 270 Å². The Hall–Kier alpha value is -2.66. The molecule has 1 aliphatic heterocycles. The minimum Gasteiger partial charge on any atom is -0.353 e. The number of hydrogen-bond donors (Lipinski definition) is 3. The van der Waals surface area contributed by atoms with Crippen LogP contribution >= 0.6 is 46.3 Å². The number of anilines is 1. The standard InChI is InChI=1S/C32H35Cl2N5O2S2/c1-32(34)17-21(10-11-27(32)33)18-39-14-12-24(13-15-39)36-28(40)20-43-31-38-26(19-42-31)23-8-5-9-25(16-23)37-30(41)29(35)22-6-3-2-4-7-22/h2-11,16,19,24,29H,12-15,17-18,20,35H2,1H3,(H,36,40)(H,37,41)/t29-,32?/m0/s1. The lowest BCUT2D eigenvalue weighted by atomic mass is 9.93. The second-order valence-corrected chi connectivity index (χ2v) is 14.4. The Balaban J connectivity index is 1.06. The summed E-state index contributed by atoms with van der Waals surface area (Å²) in [5.74, 6) is 0.0553. The highest BCUT2D eigenvalue weighted by atomic mass is 35.5. The maximum Gasteiger partial charge on any atom is 0.245 e. The van der Waals surface area contributed by atoms with E-state index in [1.807, 2.05) is 73.0 Å². The summed E-state index contributed by atoms with van der Waals surface area (Å²) in [4.78, 5) is 32.0. The zero-order valence-electron chi connectivity index (χ0n) is 23.9. The van der Waals surface area contributed by atoms with Gasteiger partial charge in [0, 0.05) is 47.3 Å². The number of thioether (sulfide) groups is 1. The molecule has 43 heavy (non-hydrogen) atoms. The van der Waals surface area contributed by atoms with Crippen molar-refractivity contribution in [3.63, 3.8) is 0 Å². The Kier molecular flexibility index (Phi) is 10.6. The van der Waals surface area contributed by atoms with Crippen LogP contribution in [-0.2, 0) is 9.59 Å². The topological polar surface area (TPSA) is 100 Å². The molecule has 2 heterocycles. The second-order valence-electron chi connectivity index (χ2n) is 11.1. The number of nitrogens with two attached hydrogens (primary N) is 1. The van der Waals surface area contributed by atoms with Crippen molar-refractivity contribution in [2.24, 2.45) is 5.73 Å². The molecular weight excluding hydrogens is 621 g/mol. The number of allylic oxidation sites excluding steroid dienone is 3. The fourth-order valence-electron chi connectivity index (χ4n) is 5.21. The molecule has 0 spiro atoms. The number of halogens is 2. The molecule has 1 aromatic heterocycles. The molecule has 0 radical (unpaired) electrons. The summed E-state index contributed by atoms with van der Waals surface area (Å²) < 4.78 is 0.821. The van der Waals surface area contributed by atoms with E-state index in [1.54, 1.807) is 0 Å². The number of aromatic nitrogens is 1. The van der Waals surface area contributed by atoms with Gasteiger partial charge in [-0.05, 0) is 50.0 Å². The number of benzene rings is 2. The Morgan fingerprint density at radius 2 is 1.93 bits per heavy atom. The smallest absolute Gasteiger partial charge is 0.245 e. The predicted molar refractivity (Wildman–Crippen MR) is 179 cm³/mol. The molecule has 1 unspecified atom stereocenters. The van der Waals surface area contributed by atoms with Crippen molar-refractivity contribution in [1.82, 2.24) is 15.2 Å². The third kappa shape index (κ3) is 8.71. The zero-order chi connectivity index (χ0) is 30.4. The van der Waals surface area contributed by atoms with Gasteiger partial charge in [-0.3, -0.25) is 14.5 Å². The van der Waals surface area contributed by atoms with Crippen molar-refractivity contribution >= 4 is 63.8 Å². The molecular formula is C32H35Cl2N5O2S2. The monoisotopic (exact) mass is 655 g/mol. The van der Waals surface area contributed by atoms with E-state index in [0.717, 1.165) is 60.1 Å². The maximum absolute atomic E-state index is 12.7. The number of amides is 2. The Morgan fingerprint density at radius 1 is 1.16 bits per heavy atom. The quantitative estimate of drug-likeness (QED) is 0.169. The fraction of sp³-hybridized carbons (Fsp3) is 0.344. The number of nitrogens with one attached hydrogen (secondary N) is 2. The van der Waals surface area contributed by atoms with E-state index in [4.69, 9.17) is 33.9 Å². The summed E-state index contributed by atoms with van der Waals surface area (Å²) in [7, 11) is 0. The van der Waals surface area contributed by atoms with E-state index in [9.17, 15) is 9.59 Å². The van der Waals surface area contributed by atoms with Crippen LogP contribution in [0.1, 0.15) is 37.8 Å². The number of rotatable bonds is 10. The summed E-state index contributed by atoms with van der Waals surface area (Å²) >= 11 is 15.7. The first-order chi connectivity index (χ1) is 20.7. The molecule has 4 N–H and O–H groups in total. The van der Waals surface area contributed by atoms with Crippen LogP contribution in [0.2, 0.25) is 0 Å². The van der Waals surface area contributed by atoms with Gasteiger partial charge >= 0.3 is 0 Å². The first-order valence-corrected chi connectivity index (χ1v) is 16.8. The largest absolute Gasteiger partial charge is 0.353 e. The molecule has 1 aliphatic carbocycles. The van der Waals surface area contributed by atoms with Gasteiger partial charge in [-0.15, -0.1) is 22.9 Å². The van der Waals surface area contributed by atoms with Crippen molar-refractivity contribution in [3.05, 3.63) is 88.3 Å². The third-order valence-corrected chi connectivity index (χ3v) is 10.6. The number of thiazole rings is 1. The molecule has 0 bridgehead atoms. The molecule has 2 aliphatic rings. The van der Waals surface area contributed by atoms with Crippen LogP contribution in [0.5, 0.6) is 0 Å². The highest BCUT2D eigenvalue weighted by molar-refractivity contribution is 8.01. The molecule has 226 valence electrons. The van der Waals surface area contributed by atoms with Crippen LogP contribution in [0.15, 0.2) is 87.1 Å². The molecule has 2 amide bonds. The SMILES string of the molecule is CC1(Cl)CC(CN2CCC(NC(=O)CSc3nc(-c4cccc(NC(=O)[C@@H](N)c5ccccc5)c4)cs3)CC2)=CC=C1Cl. The van der Waals surface area contributed by atoms with Gasteiger partial charge in [0.05, 0.1) is 16.3 Å². The zero-order valence-corrected chi connectivity index (χ0v) is 27.0. The van der Waals surface area contributed by atoms with E-state index in [-0.39, 0.29) is 17.9 Å². The minimum absolute atomic E-state index is 0.0207. The van der Waals surface area contributed by atoms with E-state index >= 15 is 0 Å². The number of nitrogens with zero attached hydrogens (tertiary/aromatic N) is 2. The number of carbonyl (C=O) groups is 2. The van der Waals surface area contributed by atoms with Gasteiger partial charge in [0.25, 0.3) is 0 Å². The van der Waals surface area contributed by atoms with Gasteiger partial charge in [0.1, 0.15) is 6.04 Å². The van der Waals surface area contributed by atoms with Crippen LogP contribution in [0, 0.1) is 0 Å². The summed E-state index contributed by atoms with van der Waals surface area (Å²) in [5.41, 5.74) is 10.5. The lowest BCUT2D eigenvalue weighted by Crippen LogP contribution is -2.45. The first-order valence-electron chi connectivity index (χ1n) is 14.2. The lowest BCUT2D eigenvalue weighted by Gasteiger charge is -2.34. The van der Waals surface area contributed by atoms with Crippen LogP contribution in [0.25, 0.3) is 11.3 Å². The van der Waals surface area contributed by atoms with Crippen molar-refractivity contribution in [2.75, 3.05) is 30.7 Å². The van der Waals surface area contributed by atoms with Crippen molar-refractivity contribution in [2.45, 2.75) is 47.5 Å². The number of hydrogen-bond acceptors (Lipinski definition) is 7. The van der Waals surface area contributed by atoms with Gasteiger partial charge in [0.15, 0.2) is 4.34 Å². The molecule has 11 heteroatoms. The summed E-state index contributed by atoms with van der Waals surface area (Å²) in [5, 5.41) is 8.74. The van der Waals surface area contributed by atoms with E-state index in [2.05, 4.69) is 21.6 Å². The molecule has 1 fully saturated rings. The van der Waals surface area contributed by atoms with Crippen LogP contribution < -0.4 is 16.4 Å². The number of alkyl halides is 1. The number of piperidine rings is 1. The van der Waals surface area contributed by atoms with E-state index < -0.39 is 10.9 Å². The average molecular weight is 657 g/mol. The molecule has 2 aromatic carbocycles. The molecule has 1 saturated heterocycles. The Bertz CT molecular complexity index is 1500. The normalized spacial score (nSPS) is 20.2. The summed E-state index contributed by atoms with van der Waals surface area (Å²) in [6.07, 6.45) is 6.58. The predicted octanol–water partition coefficient (Wildman–Crippen LogP) is 6.57. The van der Waals surface area contributed by atoms with Gasteiger partial charge in [0.2, 0.25) is 11.8 Å². The number of likely N-dealkylation sites (tertiary alicyclic amines) is 1. The number of carbonyl (C=O) groups excluding carboxylic acids is 2. The third-order valence-electron chi connectivity index (χ3n) is 7.58. The highest BCUT2D eigenvalue weighted by Gasteiger charge is 2.30. The molecule has 3 aromatic rings. The van der Waals surface area contributed by atoms with Gasteiger partial charge in [-0.25, -0.2) is 4.98 Å². The summed E-state index contributed by atoms with van der Waals surface area (Å²) in [6.45, 7) is 4.69. The van der Waals surface area contributed by atoms with Crippen molar-refractivity contribution in [1.29, 1.82) is 0 Å². The van der Waals surface area contributed by atoms with Gasteiger partial charge in [-0.1, -0.05) is 77.5 Å². The van der Waals surface area contributed by atoms with Crippen molar-refractivity contribution < 1.29 is 9.59 Å². The van der Waals surface area contributed by atoms with Crippen LogP contribution in [0.3, 0.4) is 0 Å². The second kappa shape index (κ2) is 14.4. The first kappa shape index (κ1) is 31.8. The lowest BCUT2D eigenvalue weighted by molar-refractivity contribution is -0.119. The van der Waals surface area contributed by atoms with Crippen molar-refractivity contribution in [3.8, 4) is 11.3 Å². The summed E-state index contributed by atoms with van der Waals surface area (Å²) in [6, 6.07) is 16.2. The fourth-order valence-corrected chi connectivity index (χ4v) is 7.22. The average Bonchev–Trinajstić information content (AvgIpc) is 3.48. The van der Waals surface area contributed by atoms with Gasteiger partial charge < -0.3 is 16.4 Å². The van der Waals surface area contributed by atoms with E-state index in [0.29, 0.717) is 16.5 Å². The molecule has 7 nitrogen and oxygen atoms in total. The molecule has 5 rings (SSSR count). The van der Waals surface area contributed by atoms with E-state index in [1.165, 1.54) is 28.7 Å². The molecule has 0 saturated carbocycles. The van der Waals surface area contributed by atoms with Crippen LogP contribution in [-0.4, -0.2) is 58.0 Å².